The molecule has 0 aromatic carbocycles. The minimum Gasteiger partial charge on any atom is -0.361 e. The molecule has 3 heterocycles. The average Bonchev–Trinajstić information content (AvgIpc) is 3.36. The van der Waals surface area contributed by atoms with E-state index in [1.54, 1.807) is 6.20 Å². The van der Waals surface area contributed by atoms with Crippen molar-refractivity contribution in [2.45, 2.75) is 56.7 Å². The van der Waals surface area contributed by atoms with Gasteiger partial charge in [-0.3, -0.25) is 14.9 Å². The van der Waals surface area contributed by atoms with Gasteiger partial charge < -0.3 is 4.74 Å². The summed E-state index contributed by atoms with van der Waals surface area (Å²) in [6, 6.07) is 7.20. The van der Waals surface area contributed by atoms with Crippen molar-refractivity contribution in [3.8, 4) is 0 Å². The molecule has 1 unspecified atom stereocenters. The van der Waals surface area contributed by atoms with Crippen LogP contribution in [0.25, 0.3) is 11.0 Å². The molecule has 0 spiro atoms. The molecule has 0 saturated heterocycles. The zero-order valence-electron chi connectivity index (χ0n) is 18.8. The van der Waals surface area contributed by atoms with Crippen LogP contribution in [0.15, 0.2) is 34.0 Å². The predicted molar refractivity (Wildman–Crippen MR) is 137 cm³/mol. The highest BCUT2D eigenvalue weighted by atomic mass is 79.9. The molecule has 168 valence electrons. The van der Waals surface area contributed by atoms with Crippen LogP contribution in [0.2, 0.25) is 25.7 Å². The van der Waals surface area contributed by atoms with Crippen molar-refractivity contribution in [1.29, 1.82) is 0 Å². The molecular weight excluding hydrogens is 490 g/mol. The van der Waals surface area contributed by atoms with E-state index in [9.17, 15) is 0 Å². The molecule has 0 radical (unpaired) electrons. The Morgan fingerprint density at radius 2 is 2.00 bits per heavy atom. The summed E-state index contributed by atoms with van der Waals surface area (Å²) < 4.78 is 7.08. The predicted octanol–water partition coefficient (Wildman–Crippen LogP) is 5.98. The van der Waals surface area contributed by atoms with Gasteiger partial charge in [0.25, 0.3) is 0 Å². The minimum absolute atomic E-state index is 0.401. The van der Waals surface area contributed by atoms with Crippen molar-refractivity contribution < 1.29 is 4.74 Å². The Morgan fingerprint density at radius 3 is 2.74 bits per heavy atom. The average molecular weight is 523 g/mol. The third-order valence-electron chi connectivity index (χ3n) is 5.85. The lowest BCUT2D eigenvalue weighted by atomic mass is 10.1. The summed E-state index contributed by atoms with van der Waals surface area (Å²) >= 11 is 5.37. The van der Waals surface area contributed by atoms with Crippen LogP contribution in [-0.4, -0.2) is 54.0 Å². The van der Waals surface area contributed by atoms with Gasteiger partial charge in [0, 0.05) is 32.4 Å². The number of ether oxygens (including phenoxy) is 1. The van der Waals surface area contributed by atoms with Gasteiger partial charge in [0.1, 0.15) is 17.9 Å². The number of nitrogens with zero attached hydrogens (tertiary/aromatic N) is 5. The van der Waals surface area contributed by atoms with Crippen molar-refractivity contribution in [3.05, 3.63) is 28.9 Å². The SMILES string of the molecule is CN1N=C(N(COCC[Si](C)(C)C)c2ccc3ncc(Br)cc3n2)SC1C1CCCC1. The van der Waals surface area contributed by atoms with Crippen LogP contribution >= 0.6 is 27.7 Å². The van der Waals surface area contributed by atoms with E-state index in [0.717, 1.165) is 39.1 Å². The molecule has 9 heteroatoms. The van der Waals surface area contributed by atoms with E-state index in [4.69, 9.17) is 14.8 Å². The second-order valence-corrected chi connectivity index (χ2v) is 17.3. The smallest absolute Gasteiger partial charge is 0.192 e. The minimum atomic E-state index is -1.14. The normalized spacial score (nSPS) is 20.0. The van der Waals surface area contributed by atoms with Crippen molar-refractivity contribution >= 4 is 57.8 Å². The molecule has 1 saturated carbocycles. The van der Waals surface area contributed by atoms with E-state index in [2.05, 4.69) is 57.5 Å². The number of hydrogen-bond acceptors (Lipinski definition) is 7. The number of halogens is 1. The highest BCUT2D eigenvalue weighted by Gasteiger charge is 2.36. The maximum Gasteiger partial charge on any atom is 0.192 e. The van der Waals surface area contributed by atoms with Gasteiger partial charge in [-0.25, -0.2) is 4.98 Å². The number of amidine groups is 1. The Kier molecular flexibility index (Phi) is 7.25. The first-order chi connectivity index (χ1) is 14.8. The summed E-state index contributed by atoms with van der Waals surface area (Å²) in [6.45, 7) is 8.36. The van der Waals surface area contributed by atoms with E-state index >= 15 is 0 Å². The van der Waals surface area contributed by atoms with E-state index in [-0.39, 0.29) is 0 Å². The van der Waals surface area contributed by atoms with Crippen LogP contribution in [0.1, 0.15) is 25.7 Å². The first-order valence-corrected chi connectivity index (χ1v) is 16.4. The Morgan fingerprint density at radius 1 is 1.23 bits per heavy atom. The van der Waals surface area contributed by atoms with Crippen molar-refractivity contribution in [2.75, 3.05) is 25.3 Å². The molecule has 2 aromatic rings. The zero-order valence-corrected chi connectivity index (χ0v) is 22.2. The standard InChI is InChI=1S/C22H32BrN5OSSi/c1-27-21(16-7-5-6-8-16)30-22(26-27)28(15-29-11-12-31(2,3)4)20-10-9-18-19(25-20)13-17(23)14-24-18/h9-10,13-14,16,21H,5-8,11-12,15H2,1-4H3. The van der Waals surface area contributed by atoms with Gasteiger partial charge in [-0.2, -0.15) is 5.10 Å². The Bertz CT molecular complexity index is 947. The first kappa shape index (κ1) is 23.0. The highest BCUT2D eigenvalue weighted by molar-refractivity contribution is 9.10. The Hall–Kier alpha value is -1.16. The van der Waals surface area contributed by atoms with Crippen molar-refractivity contribution in [2.24, 2.45) is 11.0 Å². The van der Waals surface area contributed by atoms with Crippen LogP contribution in [0.4, 0.5) is 5.82 Å². The molecule has 2 aromatic heterocycles. The monoisotopic (exact) mass is 521 g/mol. The fourth-order valence-electron chi connectivity index (χ4n) is 4.04. The van der Waals surface area contributed by atoms with Crippen molar-refractivity contribution in [1.82, 2.24) is 15.0 Å². The second-order valence-electron chi connectivity index (χ2n) is 9.65. The second kappa shape index (κ2) is 9.76. The third kappa shape index (κ3) is 5.80. The first-order valence-electron chi connectivity index (χ1n) is 11.1. The summed E-state index contributed by atoms with van der Waals surface area (Å²) in [5.74, 6) is 1.56. The highest BCUT2D eigenvalue weighted by Crippen LogP contribution is 2.40. The molecule has 1 aliphatic carbocycles. The topological polar surface area (TPSA) is 53.9 Å². The van der Waals surface area contributed by atoms with Gasteiger partial charge in [0.2, 0.25) is 0 Å². The van der Waals surface area contributed by atoms with Gasteiger partial charge >= 0.3 is 0 Å². The lowest BCUT2D eigenvalue weighted by Crippen LogP contribution is -2.33. The quantitative estimate of drug-likeness (QED) is 0.254. The van der Waals surface area contributed by atoms with Crippen LogP contribution in [0.5, 0.6) is 0 Å². The van der Waals surface area contributed by atoms with E-state index in [1.807, 2.05) is 30.0 Å². The third-order valence-corrected chi connectivity index (χ3v) is 9.44. The zero-order chi connectivity index (χ0) is 22.0. The van der Waals surface area contributed by atoms with E-state index in [0.29, 0.717) is 18.0 Å². The molecule has 0 N–H and O–H groups in total. The number of pyridine rings is 2. The largest absolute Gasteiger partial charge is 0.361 e. The molecular formula is C22H32BrN5OSSi. The van der Waals surface area contributed by atoms with Crippen molar-refractivity contribution in [3.63, 3.8) is 0 Å². The number of fused-ring (bicyclic) bond motifs is 1. The fraction of sp³-hybridized carbons (Fsp3) is 0.591. The molecule has 0 bridgehead atoms. The molecule has 4 rings (SSSR count). The number of rotatable bonds is 7. The number of thioether (sulfide) groups is 1. The summed E-state index contributed by atoms with van der Waals surface area (Å²) in [5.41, 5.74) is 1.75. The molecule has 31 heavy (non-hydrogen) atoms. The van der Waals surface area contributed by atoms with E-state index in [1.165, 1.54) is 25.7 Å². The molecule has 2 aliphatic rings. The summed E-state index contributed by atoms with van der Waals surface area (Å²) in [7, 11) is 0.961. The molecule has 6 nitrogen and oxygen atoms in total. The number of anilines is 1. The lowest BCUT2D eigenvalue weighted by molar-refractivity contribution is 0.155. The summed E-state index contributed by atoms with van der Waals surface area (Å²) in [4.78, 5) is 11.5. The van der Waals surface area contributed by atoms with Gasteiger partial charge in [0.05, 0.1) is 11.0 Å². The Labute approximate surface area is 199 Å². The van der Waals surface area contributed by atoms with Crippen LogP contribution in [0.3, 0.4) is 0 Å². The van der Waals surface area contributed by atoms with Gasteiger partial charge in [-0.1, -0.05) is 44.2 Å². The van der Waals surface area contributed by atoms with Gasteiger partial charge in [0.15, 0.2) is 5.17 Å². The summed E-state index contributed by atoms with van der Waals surface area (Å²) in [5, 5.41) is 8.44. The molecule has 1 atom stereocenters. The van der Waals surface area contributed by atoms with E-state index < -0.39 is 8.07 Å². The summed E-state index contributed by atoms with van der Waals surface area (Å²) in [6.07, 6.45) is 7.07. The molecule has 1 aliphatic heterocycles. The number of hydrogen-bond donors (Lipinski definition) is 0. The maximum absolute atomic E-state index is 6.15. The van der Waals surface area contributed by atoms with Crippen LogP contribution in [0, 0.1) is 5.92 Å². The molecule has 1 fully saturated rings. The maximum atomic E-state index is 6.15. The molecule has 0 amide bonds. The number of aromatic nitrogens is 2. The Balaban J connectivity index is 1.56. The van der Waals surface area contributed by atoms with Gasteiger partial charge in [-0.15, -0.1) is 0 Å². The van der Waals surface area contributed by atoms with Crippen LogP contribution < -0.4 is 4.90 Å². The lowest BCUT2D eigenvalue weighted by Gasteiger charge is -2.25. The fourth-order valence-corrected chi connectivity index (χ4v) is 6.44. The van der Waals surface area contributed by atoms with Crippen LogP contribution in [-0.2, 0) is 4.74 Å². The number of hydrazone groups is 1. The van der Waals surface area contributed by atoms with Gasteiger partial charge in [-0.05, 0) is 58.9 Å².